The van der Waals surface area contributed by atoms with Gasteiger partial charge in [-0.05, 0) is 54.5 Å². The topological polar surface area (TPSA) is 86.8 Å². The Bertz CT molecular complexity index is 1180. The Hall–Kier alpha value is -2.94. The van der Waals surface area contributed by atoms with Gasteiger partial charge in [0.2, 0.25) is 21.8 Å². The molecule has 202 valence electrons. The SMILES string of the molecule is CC[C@H](C(=O)NC1CCCC1)N(Cc1ccc(F)cc1)C(=O)CN(c1ccccc1C(C)C)S(C)(=O)=O. The van der Waals surface area contributed by atoms with Crippen LogP contribution in [0.25, 0.3) is 0 Å². The Labute approximate surface area is 220 Å². The van der Waals surface area contributed by atoms with Crippen molar-refractivity contribution in [3.63, 3.8) is 0 Å². The number of hydrogen-bond donors (Lipinski definition) is 1. The molecular formula is C28H38FN3O4S. The Kier molecular flexibility index (Phi) is 9.70. The van der Waals surface area contributed by atoms with Crippen LogP contribution >= 0.6 is 0 Å². The van der Waals surface area contributed by atoms with Crippen LogP contribution in [-0.4, -0.2) is 50.0 Å². The number of halogens is 1. The summed E-state index contributed by atoms with van der Waals surface area (Å²) in [6.07, 6.45) is 5.35. The number of rotatable bonds is 11. The van der Waals surface area contributed by atoms with Gasteiger partial charge in [-0.25, -0.2) is 12.8 Å². The molecule has 2 aromatic carbocycles. The van der Waals surface area contributed by atoms with Crippen LogP contribution in [-0.2, 0) is 26.2 Å². The summed E-state index contributed by atoms with van der Waals surface area (Å²) in [4.78, 5) is 28.6. The summed E-state index contributed by atoms with van der Waals surface area (Å²) in [6, 6.07) is 12.2. The van der Waals surface area contributed by atoms with E-state index in [0.29, 0.717) is 17.7 Å². The number of benzene rings is 2. The predicted molar refractivity (Wildman–Crippen MR) is 144 cm³/mol. The van der Waals surface area contributed by atoms with E-state index in [0.717, 1.165) is 41.8 Å². The molecule has 0 aromatic heterocycles. The van der Waals surface area contributed by atoms with E-state index in [1.54, 1.807) is 24.3 Å². The first kappa shape index (κ1) is 28.6. The summed E-state index contributed by atoms with van der Waals surface area (Å²) in [6.45, 7) is 5.35. The van der Waals surface area contributed by atoms with E-state index in [9.17, 15) is 22.4 Å². The lowest BCUT2D eigenvalue weighted by Gasteiger charge is -2.34. The number of amides is 2. The molecule has 2 aromatic rings. The number of carbonyl (C=O) groups excluding carboxylic acids is 2. The summed E-state index contributed by atoms with van der Waals surface area (Å²) in [5, 5.41) is 3.07. The number of hydrogen-bond acceptors (Lipinski definition) is 4. The average molecular weight is 532 g/mol. The molecule has 1 fully saturated rings. The van der Waals surface area contributed by atoms with E-state index in [1.165, 1.54) is 17.0 Å². The zero-order valence-corrected chi connectivity index (χ0v) is 22.9. The molecular weight excluding hydrogens is 493 g/mol. The van der Waals surface area contributed by atoms with Gasteiger partial charge in [-0.2, -0.15) is 0 Å². The summed E-state index contributed by atoms with van der Waals surface area (Å²) in [5.74, 6) is -1.12. The Morgan fingerprint density at radius 3 is 2.24 bits per heavy atom. The summed E-state index contributed by atoms with van der Waals surface area (Å²) in [5.41, 5.74) is 1.89. The van der Waals surface area contributed by atoms with Crippen molar-refractivity contribution in [1.29, 1.82) is 0 Å². The van der Waals surface area contributed by atoms with E-state index in [1.807, 2.05) is 32.9 Å². The lowest BCUT2D eigenvalue weighted by molar-refractivity contribution is -0.140. The van der Waals surface area contributed by atoms with Crippen LogP contribution in [0.3, 0.4) is 0 Å². The average Bonchev–Trinajstić information content (AvgIpc) is 3.35. The quantitative estimate of drug-likeness (QED) is 0.460. The number of carbonyl (C=O) groups is 2. The second kappa shape index (κ2) is 12.5. The van der Waals surface area contributed by atoms with E-state index >= 15 is 0 Å². The number of nitrogens with one attached hydrogen (secondary N) is 1. The summed E-state index contributed by atoms with van der Waals surface area (Å²) >= 11 is 0. The van der Waals surface area contributed by atoms with Crippen molar-refractivity contribution in [2.24, 2.45) is 0 Å². The standard InChI is InChI=1S/C28H38FN3O4S/c1-5-25(28(34)30-23-10-6-7-11-23)31(18-21-14-16-22(29)17-15-21)27(33)19-32(37(4,35)36)26-13-9-8-12-24(26)20(2)3/h8-9,12-17,20,23,25H,5-7,10-11,18-19H2,1-4H3,(H,30,34)/t25-/m1/s1. The lowest BCUT2D eigenvalue weighted by Crippen LogP contribution is -2.53. The van der Waals surface area contributed by atoms with Gasteiger partial charge in [0, 0.05) is 12.6 Å². The monoisotopic (exact) mass is 531 g/mol. The Morgan fingerprint density at radius 2 is 1.68 bits per heavy atom. The van der Waals surface area contributed by atoms with Crippen LogP contribution in [0.4, 0.5) is 10.1 Å². The molecule has 1 N–H and O–H groups in total. The molecule has 0 saturated heterocycles. The van der Waals surface area contributed by atoms with E-state index < -0.39 is 34.3 Å². The fourth-order valence-corrected chi connectivity index (χ4v) is 5.74. The first-order valence-electron chi connectivity index (χ1n) is 12.9. The van der Waals surface area contributed by atoms with Crippen molar-refractivity contribution in [1.82, 2.24) is 10.2 Å². The van der Waals surface area contributed by atoms with Gasteiger partial charge in [0.25, 0.3) is 0 Å². The van der Waals surface area contributed by atoms with Gasteiger partial charge in [0.15, 0.2) is 0 Å². The first-order valence-corrected chi connectivity index (χ1v) is 14.8. The number of para-hydroxylation sites is 1. The normalized spacial score (nSPS) is 15.0. The molecule has 7 nitrogen and oxygen atoms in total. The van der Waals surface area contributed by atoms with E-state index in [2.05, 4.69) is 5.32 Å². The maximum absolute atomic E-state index is 13.8. The van der Waals surface area contributed by atoms with E-state index in [-0.39, 0.29) is 24.4 Å². The Morgan fingerprint density at radius 1 is 1.05 bits per heavy atom. The van der Waals surface area contributed by atoms with Gasteiger partial charge >= 0.3 is 0 Å². The van der Waals surface area contributed by atoms with Crippen molar-refractivity contribution < 1.29 is 22.4 Å². The van der Waals surface area contributed by atoms with Crippen molar-refractivity contribution >= 4 is 27.5 Å². The van der Waals surface area contributed by atoms with Crippen molar-refractivity contribution in [3.8, 4) is 0 Å². The molecule has 0 unspecified atom stereocenters. The highest BCUT2D eigenvalue weighted by Crippen LogP contribution is 2.29. The van der Waals surface area contributed by atoms with E-state index in [4.69, 9.17) is 0 Å². The molecule has 1 saturated carbocycles. The predicted octanol–water partition coefficient (Wildman–Crippen LogP) is 4.58. The minimum atomic E-state index is -3.82. The molecule has 2 amide bonds. The largest absolute Gasteiger partial charge is 0.352 e. The van der Waals surface area contributed by atoms with Crippen LogP contribution < -0.4 is 9.62 Å². The molecule has 0 radical (unpaired) electrons. The summed E-state index contributed by atoms with van der Waals surface area (Å²) < 4.78 is 40.5. The number of nitrogens with zero attached hydrogens (tertiary/aromatic N) is 2. The fourth-order valence-electron chi connectivity index (χ4n) is 4.87. The van der Waals surface area contributed by atoms with Crippen LogP contribution in [0.15, 0.2) is 48.5 Å². The maximum atomic E-state index is 13.8. The van der Waals surface area contributed by atoms with Crippen molar-refractivity contribution in [3.05, 3.63) is 65.5 Å². The highest BCUT2D eigenvalue weighted by Gasteiger charge is 2.33. The molecule has 0 heterocycles. The van der Waals surface area contributed by atoms with Crippen LogP contribution in [0.2, 0.25) is 0 Å². The summed E-state index contributed by atoms with van der Waals surface area (Å²) in [7, 11) is -3.82. The second-order valence-corrected chi connectivity index (χ2v) is 12.0. The molecule has 37 heavy (non-hydrogen) atoms. The highest BCUT2D eigenvalue weighted by molar-refractivity contribution is 7.92. The maximum Gasteiger partial charge on any atom is 0.244 e. The van der Waals surface area contributed by atoms with Gasteiger partial charge in [0.05, 0.1) is 11.9 Å². The molecule has 0 spiro atoms. The molecule has 0 aliphatic heterocycles. The van der Waals surface area contributed by atoms with Gasteiger partial charge in [-0.1, -0.05) is 63.9 Å². The van der Waals surface area contributed by atoms with Gasteiger partial charge in [-0.15, -0.1) is 0 Å². The third-order valence-corrected chi connectivity index (χ3v) is 7.99. The first-order chi connectivity index (χ1) is 17.5. The van der Waals surface area contributed by atoms with Crippen molar-refractivity contribution in [2.75, 3.05) is 17.1 Å². The highest BCUT2D eigenvalue weighted by atomic mass is 32.2. The number of anilines is 1. The third-order valence-electron chi connectivity index (χ3n) is 6.86. The molecule has 1 aliphatic carbocycles. The van der Waals surface area contributed by atoms with Gasteiger partial charge in [-0.3, -0.25) is 13.9 Å². The minimum Gasteiger partial charge on any atom is -0.352 e. The Balaban J connectivity index is 1.96. The number of sulfonamides is 1. The molecule has 3 rings (SSSR count). The van der Waals surface area contributed by atoms with Crippen LogP contribution in [0, 0.1) is 5.82 Å². The zero-order valence-electron chi connectivity index (χ0n) is 22.1. The lowest BCUT2D eigenvalue weighted by atomic mass is 10.0. The molecule has 0 bridgehead atoms. The van der Waals surface area contributed by atoms with Crippen LogP contribution in [0.5, 0.6) is 0 Å². The zero-order chi connectivity index (χ0) is 27.2. The third kappa shape index (κ3) is 7.53. The van der Waals surface area contributed by atoms with Gasteiger partial charge < -0.3 is 10.2 Å². The van der Waals surface area contributed by atoms with Gasteiger partial charge in [0.1, 0.15) is 18.4 Å². The second-order valence-electron chi connectivity index (χ2n) is 10.0. The molecule has 9 heteroatoms. The molecule has 1 aliphatic rings. The smallest absolute Gasteiger partial charge is 0.244 e. The van der Waals surface area contributed by atoms with Crippen LogP contribution in [0.1, 0.15) is 69.9 Å². The fraction of sp³-hybridized carbons (Fsp3) is 0.500. The molecule has 1 atom stereocenters. The minimum absolute atomic E-state index is 0.0337. The van der Waals surface area contributed by atoms with Crippen molar-refractivity contribution in [2.45, 2.75) is 77.4 Å².